The molecule has 0 heterocycles. The average molecular weight is 185 g/mol. The molecule has 0 aliphatic heterocycles. The molecule has 0 amide bonds. The van der Waals surface area contributed by atoms with Gasteiger partial charge in [0.1, 0.15) is 0 Å². The summed E-state index contributed by atoms with van der Waals surface area (Å²) in [6.07, 6.45) is 6.22. The van der Waals surface area contributed by atoms with E-state index in [4.69, 9.17) is 0 Å². The van der Waals surface area contributed by atoms with E-state index in [1.807, 2.05) is 6.92 Å². The molecule has 78 valence electrons. The molecule has 2 N–H and O–H groups in total. The van der Waals surface area contributed by atoms with Gasteiger partial charge in [-0.2, -0.15) is 0 Å². The van der Waals surface area contributed by atoms with Crippen molar-refractivity contribution < 1.29 is 5.11 Å². The first-order valence-corrected chi connectivity index (χ1v) is 5.65. The Morgan fingerprint density at radius 2 is 2.00 bits per heavy atom. The van der Waals surface area contributed by atoms with Crippen LogP contribution in [0.15, 0.2) is 0 Å². The zero-order chi connectivity index (χ0) is 9.68. The Hall–Kier alpha value is -0.0800. The Labute approximate surface area is 81.7 Å². The monoisotopic (exact) mass is 185 g/mol. The molecule has 0 saturated heterocycles. The van der Waals surface area contributed by atoms with Crippen LogP contribution >= 0.6 is 0 Å². The van der Waals surface area contributed by atoms with Crippen molar-refractivity contribution in [1.82, 2.24) is 5.32 Å². The summed E-state index contributed by atoms with van der Waals surface area (Å²) in [6.45, 7) is 5.03. The third-order valence-electron chi connectivity index (χ3n) is 3.25. The minimum absolute atomic E-state index is 0.163. The molecule has 1 saturated carbocycles. The second-order valence-electron chi connectivity index (χ2n) is 4.30. The maximum absolute atomic E-state index is 9.39. The molecular formula is C11H23NO. The molecule has 1 rings (SSSR count). The van der Waals surface area contributed by atoms with Crippen molar-refractivity contribution in [3.05, 3.63) is 0 Å². The molecule has 0 spiro atoms. The summed E-state index contributed by atoms with van der Waals surface area (Å²) in [7, 11) is 0. The molecular weight excluding hydrogens is 162 g/mol. The van der Waals surface area contributed by atoms with Crippen LogP contribution in [0.5, 0.6) is 0 Å². The Morgan fingerprint density at radius 3 is 2.54 bits per heavy atom. The van der Waals surface area contributed by atoms with Crippen LogP contribution in [-0.2, 0) is 0 Å². The van der Waals surface area contributed by atoms with Crippen LogP contribution in [0.4, 0.5) is 0 Å². The van der Waals surface area contributed by atoms with E-state index in [0.29, 0.717) is 6.04 Å². The maximum Gasteiger partial charge on any atom is 0.0662 e. The first-order chi connectivity index (χ1) is 6.24. The Bertz CT molecular complexity index is 132. The second kappa shape index (κ2) is 5.61. The lowest BCUT2D eigenvalue weighted by Crippen LogP contribution is -2.37. The van der Waals surface area contributed by atoms with Gasteiger partial charge in [-0.3, -0.25) is 0 Å². The summed E-state index contributed by atoms with van der Waals surface area (Å²) in [5.74, 6) is 0.851. The molecule has 1 fully saturated rings. The lowest BCUT2D eigenvalue weighted by Gasteiger charge is -2.21. The molecule has 0 aromatic heterocycles. The van der Waals surface area contributed by atoms with Crippen LogP contribution in [0.1, 0.15) is 46.0 Å². The Balaban J connectivity index is 2.12. The highest BCUT2D eigenvalue weighted by Crippen LogP contribution is 2.27. The maximum atomic E-state index is 9.39. The van der Waals surface area contributed by atoms with Gasteiger partial charge in [-0.25, -0.2) is 0 Å². The van der Waals surface area contributed by atoms with Gasteiger partial charge >= 0.3 is 0 Å². The molecule has 0 aromatic carbocycles. The molecule has 0 radical (unpaired) electrons. The van der Waals surface area contributed by atoms with Crippen molar-refractivity contribution in [3.8, 4) is 0 Å². The second-order valence-corrected chi connectivity index (χ2v) is 4.30. The Kier molecular flexibility index (Phi) is 4.74. The summed E-state index contributed by atoms with van der Waals surface area (Å²) in [4.78, 5) is 0. The van der Waals surface area contributed by atoms with Gasteiger partial charge in [-0.05, 0) is 32.1 Å². The molecule has 2 heteroatoms. The first-order valence-electron chi connectivity index (χ1n) is 5.65. The fourth-order valence-electron chi connectivity index (χ4n) is 2.09. The van der Waals surface area contributed by atoms with Crippen LogP contribution in [0.2, 0.25) is 0 Å². The van der Waals surface area contributed by atoms with E-state index < -0.39 is 0 Å². The number of aliphatic hydroxyl groups is 1. The van der Waals surface area contributed by atoms with Gasteiger partial charge < -0.3 is 10.4 Å². The predicted molar refractivity (Wildman–Crippen MR) is 55.7 cm³/mol. The SMILES string of the molecule is CCC(O)CN[C@@H](C)C1CCCC1. The number of hydrogen-bond acceptors (Lipinski definition) is 2. The van der Waals surface area contributed by atoms with Crippen LogP contribution in [0, 0.1) is 5.92 Å². The highest BCUT2D eigenvalue weighted by Gasteiger charge is 2.21. The van der Waals surface area contributed by atoms with E-state index in [9.17, 15) is 5.11 Å². The van der Waals surface area contributed by atoms with Crippen molar-refractivity contribution in [1.29, 1.82) is 0 Å². The van der Waals surface area contributed by atoms with Crippen LogP contribution in [0.25, 0.3) is 0 Å². The van der Waals surface area contributed by atoms with Crippen molar-refractivity contribution in [2.24, 2.45) is 5.92 Å². The topological polar surface area (TPSA) is 32.3 Å². The molecule has 1 aliphatic carbocycles. The lowest BCUT2D eigenvalue weighted by molar-refractivity contribution is 0.159. The summed E-state index contributed by atoms with van der Waals surface area (Å²) < 4.78 is 0. The highest BCUT2D eigenvalue weighted by atomic mass is 16.3. The normalized spacial score (nSPS) is 23.3. The largest absolute Gasteiger partial charge is 0.392 e. The summed E-state index contributed by atoms with van der Waals surface area (Å²) in [5, 5.41) is 12.8. The molecule has 1 aliphatic rings. The highest BCUT2D eigenvalue weighted by molar-refractivity contribution is 4.77. The fourth-order valence-corrected chi connectivity index (χ4v) is 2.09. The van der Waals surface area contributed by atoms with E-state index in [1.54, 1.807) is 0 Å². The number of rotatable bonds is 5. The molecule has 13 heavy (non-hydrogen) atoms. The van der Waals surface area contributed by atoms with Crippen LogP contribution < -0.4 is 5.32 Å². The summed E-state index contributed by atoms with van der Waals surface area (Å²) >= 11 is 0. The van der Waals surface area contributed by atoms with Gasteiger partial charge in [-0.15, -0.1) is 0 Å². The van der Waals surface area contributed by atoms with Crippen molar-refractivity contribution in [2.45, 2.75) is 58.1 Å². The lowest BCUT2D eigenvalue weighted by atomic mass is 10.00. The van der Waals surface area contributed by atoms with Crippen LogP contribution in [0.3, 0.4) is 0 Å². The van der Waals surface area contributed by atoms with Crippen molar-refractivity contribution in [2.75, 3.05) is 6.54 Å². The predicted octanol–water partition coefficient (Wildman–Crippen LogP) is 1.93. The zero-order valence-electron chi connectivity index (χ0n) is 8.92. The Morgan fingerprint density at radius 1 is 1.38 bits per heavy atom. The first kappa shape index (κ1) is 11.0. The van der Waals surface area contributed by atoms with Gasteiger partial charge in [0.25, 0.3) is 0 Å². The summed E-state index contributed by atoms with van der Waals surface area (Å²) in [6, 6.07) is 0.587. The smallest absolute Gasteiger partial charge is 0.0662 e. The zero-order valence-corrected chi connectivity index (χ0v) is 8.92. The van der Waals surface area contributed by atoms with Crippen LogP contribution in [-0.4, -0.2) is 23.8 Å². The number of hydrogen-bond donors (Lipinski definition) is 2. The number of nitrogens with one attached hydrogen (secondary N) is 1. The number of aliphatic hydroxyl groups excluding tert-OH is 1. The van der Waals surface area contributed by atoms with E-state index in [-0.39, 0.29) is 6.10 Å². The quantitative estimate of drug-likeness (QED) is 0.686. The van der Waals surface area contributed by atoms with Gasteiger partial charge in [0.15, 0.2) is 0 Å². The molecule has 1 unspecified atom stereocenters. The molecule has 0 aromatic rings. The third-order valence-corrected chi connectivity index (χ3v) is 3.25. The van der Waals surface area contributed by atoms with E-state index in [2.05, 4.69) is 12.2 Å². The third kappa shape index (κ3) is 3.65. The van der Waals surface area contributed by atoms with E-state index in [0.717, 1.165) is 18.9 Å². The van der Waals surface area contributed by atoms with E-state index >= 15 is 0 Å². The van der Waals surface area contributed by atoms with Gasteiger partial charge in [0.05, 0.1) is 6.10 Å². The van der Waals surface area contributed by atoms with Gasteiger partial charge in [-0.1, -0.05) is 19.8 Å². The standard InChI is InChI=1S/C11H23NO/c1-3-11(13)8-12-9(2)10-6-4-5-7-10/h9-13H,3-8H2,1-2H3/t9-,11?/m0/s1. The molecule has 2 nitrogen and oxygen atoms in total. The van der Waals surface area contributed by atoms with E-state index in [1.165, 1.54) is 25.7 Å². The van der Waals surface area contributed by atoms with Crippen molar-refractivity contribution >= 4 is 0 Å². The van der Waals surface area contributed by atoms with Gasteiger partial charge in [0.2, 0.25) is 0 Å². The van der Waals surface area contributed by atoms with Gasteiger partial charge in [0, 0.05) is 12.6 Å². The van der Waals surface area contributed by atoms with Crippen molar-refractivity contribution in [3.63, 3.8) is 0 Å². The minimum Gasteiger partial charge on any atom is -0.392 e. The molecule has 2 atom stereocenters. The molecule has 0 bridgehead atoms. The average Bonchev–Trinajstić information content (AvgIpc) is 2.66. The summed E-state index contributed by atoms with van der Waals surface area (Å²) in [5.41, 5.74) is 0. The fraction of sp³-hybridized carbons (Fsp3) is 1.00. The minimum atomic E-state index is -0.163.